The maximum atomic E-state index is 14.4. The topological polar surface area (TPSA) is 21.3 Å². The number of ether oxygens (including phenoxy) is 1. The van der Waals surface area contributed by atoms with E-state index in [0.29, 0.717) is 20.8 Å². The minimum Gasteiger partial charge on any atom is -0.495 e. The zero-order valence-corrected chi connectivity index (χ0v) is 15.3. The van der Waals surface area contributed by atoms with Crippen molar-refractivity contribution in [3.8, 4) is 5.75 Å². The van der Waals surface area contributed by atoms with Gasteiger partial charge >= 0.3 is 0 Å². The Kier molecular flexibility index (Phi) is 5.66. The molecule has 0 fully saturated rings. The third-order valence-electron chi connectivity index (χ3n) is 3.13. The SMILES string of the molecule is CNC(c1cccc(Br)c1F)c1cc(Cl)cc(Br)c1OC. The molecule has 1 unspecified atom stereocenters. The predicted molar refractivity (Wildman–Crippen MR) is 90.7 cm³/mol. The van der Waals surface area contributed by atoms with Crippen LogP contribution in [0.5, 0.6) is 5.75 Å². The van der Waals surface area contributed by atoms with Crippen LogP contribution in [0.15, 0.2) is 39.3 Å². The van der Waals surface area contributed by atoms with E-state index in [9.17, 15) is 4.39 Å². The van der Waals surface area contributed by atoms with E-state index in [2.05, 4.69) is 37.2 Å². The van der Waals surface area contributed by atoms with Crippen LogP contribution in [0.4, 0.5) is 4.39 Å². The predicted octanol–water partition coefficient (Wildman–Crippen LogP) is 5.32. The van der Waals surface area contributed by atoms with Crippen molar-refractivity contribution in [2.75, 3.05) is 14.2 Å². The third-order valence-corrected chi connectivity index (χ3v) is 4.55. The summed E-state index contributed by atoms with van der Waals surface area (Å²) in [6.45, 7) is 0. The minimum atomic E-state index is -0.382. The van der Waals surface area contributed by atoms with Crippen LogP contribution in [0.1, 0.15) is 17.2 Å². The summed E-state index contributed by atoms with van der Waals surface area (Å²) in [6, 6.07) is 8.32. The van der Waals surface area contributed by atoms with E-state index in [0.717, 1.165) is 10.0 Å². The normalized spacial score (nSPS) is 12.3. The average molecular weight is 438 g/mol. The summed E-state index contributed by atoms with van der Waals surface area (Å²) in [5.41, 5.74) is 1.27. The van der Waals surface area contributed by atoms with E-state index in [4.69, 9.17) is 16.3 Å². The Morgan fingerprint density at radius 1 is 1.19 bits per heavy atom. The summed E-state index contributed by atoms with van der Waals surface area (Å²) in [6.07, 6.45) is 0. The lowest BCUT2D eigenvalue weighted by Crippen LogP contribution is -2.20. The smallest absolute Gasteiger partial charge is 0.142 e. The fourth-order valence-corrected chi connectivity index (χ4v) is 3.61. The van der Waals surface area contributed by atoms with Crippen molar-refractivity contribution < 1.29 is 9.13 Å². The Balaban J connectivity index is 2.64. The zero-order valence-electron chi connectivity index (χ0n) is 11.4. The Hall–Kier alpha value is -0.620. The first-order valence-electron chi connectivity index (χ1n) is 6.13. The van der Waals surface area contributed by atoms with E-state index in [1.54, 1.807) is 44.5 Å². The molecule has 0 aliphatic rings. The van der Waals surface area contributed by atoms with Gasteiger partial charge in [0, 0.05) is 16.1 Å². The second kappa shape index (κ2) is 7.09. The molecule has 0 heterocycles. The van der Waals surface area contributed by atoms with Crippen molar-refractivity contribution in [1.29, 1.82) is 0 Å². The Morgan fingerprint density at radius 3 is 2.52 bits per heavy atom. The molecule has 0 aromatic heterocycles. The first-order chi connectivity index (χ1) is 9.99. The van der Waals surface area contributed by atoms with Gasteiger partial charge in [-0.2, -0.15) is 0 Å². The molecule has 0 spiro atoms. The summed E-state index contributed by atoms with van der Waals surface area (Å²) in [7, 11) is 3.33. The monoisotopic (exact) mass is 435 g/mol. The molecule has 2 nitrogen and oxygen atoms in total. The standard InChI is InChI=1S/C15H13Br2ClFNO/c1-20-14(9-4-3-5-11(16)13(9)19)10-6-8(18)7-12(17)15(10)21-2/h3-7,14,20H,1-2H3. The Morgan fingerprint density at radius 2 is 1.90 bits per heavy atom. The maximum Gasteiger partial charge on any atom is 0.142 e. The number of rotatable bonds is 4. The molecule has 0 aliphatic carbocycles. The van der Waals surface area contributed by atoms with Crippen molar-refractivity contribution in [3.63, 3.8) is 0 Å². The van der Waals surface area contributed by atoms with Crippen LogP contribution in [0.3, 0.4) is 0 Å². The molecular formula is C15H13Br2ClFNO. The second-order valence-corrected chi connectivity index (χ2v) is 6.52. The lowest BCUT2D eigenvalue weighted by atomic mass is 9.97. The van der Waals surface area contributed by atoms with E-state index in [1.165, 1.54) is 0 Å². The van der Waals surface area contributed by atoms with Crippen LogP contribution in [0.25, 0.3) is 0 Å². The van der Waals surface area contributed by atoms with E-state index >= 15 is 0 Å². The third kappa shape index (κ3) is 3.42. The number of nitrogens with one attached hydrogen (secondary N) is 1. The summed E-state index contributed by atoms with van der Waals surface area (Å²) in [4.78, 5) is 0. The molecule has 2 aromatic carbocycles. The van der Waals surface area contributed by atoms with E-state index in [1.807, 2.05) is 0 Å². The minimum absolute atomic E-state index is 0.310. The Bertz CT molecular complexity index is 666. The van der Waals surface area contributed by atoms with Crippen LogP contribution < -0.4 is 10.1 Å². The molecule has 0 amide bonds. The van der Waals surface area contributed by atoms with Crippen molar-refractivity contribution in [3.05, 3.63) is 61.2 Å². The van der Waals surface area contributed by atoms with Crippen molar-refractivity contribution in [1.82, 2.24) is 5.32 Å². The number of benzene rings is 2. The van der Waals surface area contributed by atoms with Crippen molar-refractivity contribution in [2.24, 2.45) is 0 Å². The van der Waals surface area contributed by atoms with Crippen molar-refractivity contribution >= 4 is 43.5 Å². The van der Waals surface area contributed by atoms with Gasteiger partial charge in [-0.15, -0.1) is 0 Å². The van der Waals surface area contributed by atoms with Gasteiger partial charge in [-0.05, 0) is 57.1 Å². The van der Waals surface area contributed by atoms with Gasteiger partial charge in [-0.1, -0.05) is 23.7 Å². The van der Waals surface area contributed by atoms with Gasteiger partial charge in [-0.25, -0.2) is 4.39 Å². The molecule has 6 heteroatoms. The van der Waals surface area contributed by atoms with Gasteiger partial charge < -0.3 is 10.1 Å². The van der Waals surface area contributed by atoms with Crippen LogP contribution in [0.2, 0.25) is 5.02 Å². The average Bonchev–Trinajstić information content (AvgIpc) is 2.44. The first-order valence-corrected chi connectivity index (χ1v) is 8.10. The highest BCUT2D eigenvalue weighted by molar-refractivity contribution is 9.10. The molecular weight excluding hydrogens is 424 g/mol. The lowest BCUT2D eigenvalue weighted by molar-refractivity contribution is 0.402. The van der Waals surface area contributed by atoms with E-state index < -0.39 is 0 Å². The Labute approximate surface area is 144 Å². The van der Waals surface area contributed by atoms with E-state index in [-0.39, 0.29) is 11.9 Å². The molecule has 2 aromatic rings. The van der Waals surface area contributed by atoms with Crippen LogP contribution in [0, 0.1) is 5.82 Å². The largest absolute Gasteiger partial charge is 0.495 e. The summed E-state index contributed by atoms with van der Waals surface area (Å²) >= 11 is 12.8. The zero-order chi connectivity index (χ0) is 15.6. The highest BCUT2D eigenvalue weighted by Gasteiger charge is 2.23. The van der Waals surface area contributed by atoms with Crippen LogP contribution >= 0.6 is 43.5 Å². The fourth-order valence-electron chi connectivity index (χ4n) is 2.23. The lowest BCUT2D eigenvalue weighted by Gasteiger charge is -2.22. The number of halogens is 4. The second-order valence-electron chi connectivity index (χ2n) is 4.37. The fraction of sp³-hybridized carbons (Fsp3) is 0.200. The van der Waals surface area contributed by atoms with Gasteiger partial charge in [0.2, 0.25) is 0 Å². The summed E-state index contributed by atoms with van der Waals surface area (Å²) in [5.74, 6) is 0.313. The molecule has 0 aliphatic heterocycles. The quantitative estimate of drug-likeness (QED) is 0.699. The van der Waals surface area contributed by atoms with Gasteiger partial charge in [-0.3, -0.25) is 0 Å². The van der Waals surface area contributed by atoms with Crippen molar-refractivity contribution in [2.45, 2.75) is 6.04 Å². The van der Waals surface area contributed by atoms with Crippen LogP contribution in [-0.2, 0) is 0 Å². The summed E-state index contributed by atoms with van der Waals surface area (Å²) < 4.78 is 21.0. The molecule has 0 bridgehead atoms. The molecule has 112 valence electrons. The maximum absolute atomic E-state index is 14.4. The molecule has 0 saturated heterocycles. The number of hydrogen-bond acceptors (Lipinski definition) is 2. The highest BCUT2D eigenvalue weighted by Crippen LogP contribution is 2.39. The molecule has 0 saturated carbocycles. The number of hydrogen-bond donors (Lipinski definition) is 1. The van der Waals surface area contributed by atoms with Gasteiger partial charge in [0.1, 0.15) is 11.6 Å². The van der Waals surface area contributed by atoms with Gasteiger partial charge in [0.25, 0.3) is 0 Å². The summed E-state index contributed by atoms with van der Waals surface area (Å²) in [5, 5.41) is 3.66. The molecule has 0 radical (unpaired) electrons. The van der Waals surface area contributed by atoms with Crippen LogP contribution in [-0.4, -0.2) is 14.2 Å². The molecule has 21 heavy (non-hydrogen) atoms. The van der Waals surface area contributed by atoms with Gasteiger partial charge in [0.15, 0.2) is 0 Å². The molecule has 1 atom stereocenters. The highest BCUT2D eigenvalue weighted by atomic mass is 79.9. The molecule has 2 rings (SSSR count). The number of methoxy groups -OCH3 is 1. The molecule has 1 N–H and O–H groups in total. The van der Waals surface area contributed by atoms with Gasteiger partial charge in [0.05, 0.1) is 22.1 Å². The first kappa shape index (κ1) is 16.7.